The summed E-state index contributed by atoms with van der Waals surface area (Å²) in [6.07, 6.45) is 3.42. The van der Waals surface area contributed by atoms with Crippen LogP contribution in [-0.4, -0.2) is 21.2 Å². The molecule has 0 atom stereocenters. The van der Waals surface area contributed by atoms with E-state index >= 15 is 0 Å². The lowest BCUT2D eigenvalue weighted by Crippen LogP contribution is -1.86. The third kappa shape index (κ3) is 1.14. The lowest BCUT2D eigenvalue weighted by atomic mass is 10.2. The van der Waals surface area contributed by atoms with Crippen LogP contribution in [0.25, 0.3) is 11.5 Å². The van der Waals surface area contributed by atoms with E-state index in [0.29, 0.717) is 17.7 Å². The molecule has 0 aliphatic rings. The van der Waals surface area contributed by atoms with Crippen molar-refractivity contribution in [1.29, 1.82) is 0 Å². The average molecular weight is 177 g/mol. The zero-order valence-corrected chi connectivity index (χ0v) is 6.94. The van der Waals surface area contributed by atoms with Crippen molar-refractivity contribution in [1.82, 2.24) is 15.0 Å². The molecule has 0 unspecified atom stereocenters. The minimum Gasteiger partial charge on any atom is -0.441 e. The molecule has 13 heavy (non-hydrogen) atoms. The second-order valence-corrected chi connectivity index (χ2v) is 2.56. The molecule has 2 aromatic rings. The normalized spacial score (nSPS) is 10.2. The molecule has 0 spiro atoms. The van der Waals surface area contributed by atoms with Gasteiger partial charge in [0.15, 0.2) is 24.1 Å². The van der Waals surface area contributed by atoms with Gasteiger partial charge in [0.1, 0.15) is 5.69 Å². The summed E-state index contributed by atoms with van der Waals surface area (Å²) in [5.41, 5.74) is 1.75. The number of carbonyl (C=O) groups excluding carboxylic acids is 1. The minimum atomic E-state index is 0.273. The van der Waals surface area contributed by atoms with E-state index in [0.717, 1.165) is 5.69 Å². The van der Waals surface area contributed by atoms with Gasteiger partial charge in [-0.3, -0.25) is 4.79 Å². The number of hydrogen-bond acceptors (Lipinski definition) is 4. The van der Waals surface area contributed by atoms with E-state index in [1.54, 1.807) is 6.33 Å². The monoisotopic (exact) mass is 177 g/mol. The summed E-state index contributed by atoms with van der Waals surface area (Å²) >= 11 is 0. The molecule has 0 radical (unpaired) electrons. The molecular formula is C8H7N3O2. The highest BCUT2D eigenvalue weighted by Crippen LogP contribution is 2.21. The van der Waals surface area contributed by atoms with E-state index in [1.807, 2.05) is 6.92 Å². The van der Waals surface area contributed by atoms with Crippen LogP contribution in [0.5, 0.6) is 0 Å². The van der Waals surface area contributed by atoms with E-state index in [9.17, 15) is 4.79 Å². The summed E-state index contributed by atoms with van der Waals surface area (Å²) in [4.78, 5) is 21.2. The van der Waals surface area contributed by atoms with Crippen molar-refractivity contribution in [2.24, 2.45) is 0 Å². The molecule has 0 saturated heterocycles. The summed E-state index contributed by atoms with van der Waals surface area (Å²) in [5, 5.41) is 0. The summed E-state index contributed by atoms with van der Waals surface area (Å²) < 4.78 is 5.06. The Kier molecular flexibility index (Phi) is 1.70. The Morgan fingerprint density at radius 1 is 1.54 bits per heavy atom. The van der Waals surface area contributed by atoms with Gasteiger partial charge in [0.2, 0.25) is 0 Å². The van der Waals surface area contributed by atoms with Gasteiger partial charge in [0.25, 0.3) is 0 Å². The predicted octanol–water partition coefficient (Wildman–Crippen LogP) is 1.19. The molecule has 2 rings (SSSR count). The third-order valence-electron chi connectivity index (χ3n) is 1.75. The van der Waals surface area contributed by atoms with Gasteiger partial charge in [-0.15, -0.1) is 0 Å². The Hall–Kier alpha value is -1.91. The standard InChI is InChI=1S/C8H7N3O2/c1-5-7(10-3-9-5)8-6(2-12)11-4-13-8/h2-4H,1H3,(H,9,10). The van der Waals surface area contributed by atoms with Crippen molar-refractivity contribution >= 4 is 6.29 Å². The molecule has 1 N–H and O–H groups in total. The highest BCUT2D eigenvalue weighted by molar-refractivity contribution is 5.81. The van der Waals surface area contributed by atoms with Gasteiger partial charge < -0.3 is 9.40 Å². The number of nitrogens with one attached hydrogen (secondary N) is 1. The maximum Gasteiger partial charge on any atom is 0.185 e. The van der Waals surface area contributed by atoms with Gasteiger partial charge in [0, 0.05) is 5.69 Å². The van der Waals surface area contributed by atoms with Crippen LogP contribution in [0.15, 0.2) is 17.1 Å². The SMILES string of the molecule is Cc1[nH]cnc1-c1ocnc1C=O. The highest BCUT2D eigenvalue weighted by Gasteiger charge is 2.13. The number of aryl methyl sites for hydroxylation is 1. The summed E-state index contributed by atoms with van der Waals surface area (Å²) in [5.74, 6) is 0.411. The Morgan fingerprint density at radius 3 is 3.00 bits per heavy atom. The van der Waals surface area contributed by atoms with E-state index in [2.05, 4.69) is 15.0 Å². The number of aromatic amines is 1. The van der Waals surface area contributed by atoms with Crippen molar-refractivity contribution in [3.63, 3.8) is 0 Å². The predicted molar refractivity (Wildman–Crippen MR) is 44.2 cm³/mol. The van der Waals surface area contributed by atoms with Crippen LogP contribution >= 0.6 is 0 Å². The summed E-state index contributed by atoms with van der Waals surface area (Å²) in [6, 6.07) is 0. The second-order valence-electron chi connectivity index (χ2n) is 2.56. The zero-order chi connectivity index (χ0) is 9.26. The first-order valence-corrected chi connectivity index (χ1v) is 3.72. The van der Waals surface area contributed by atoms with Crippen LogP contribution in [0.1, 0.15) is 16.2 Å². The lowest BCUT2D eigenvalue weighted by Gasteiger charge is -1.91. The van der Waals surface area contributed by atoms with Gasteiger partial charge in [-0.05, 0) is 6.92 Å². The number of rotatable bonds is 2. The number of carbonyl (C=O) groups is 1. The fourth-order valence-electron chi connectivity index (χ4n) is 1.10. The maximum absolute atomic E-state index is 10.5. The largest absolute Gasteiger partial charge is 0.441 e. The number of nitrogens with zero attached hydrogens (tertiary/aromatic N) is 2. The fourth-order valence-corrected chi connectivity index (χ4v) is 1.10. The Bertz CT molecular complexity index is 430. The third-order valence-corrected chi connectivity index (χ3v) is 1.75. The Labute approximate surface area is 73.8 Å². The van der Waals surface area contributed by atoms with Crippen molar-refractivity contribution in [2.75, 3.05) is 0 Å². The molecule has 5 nitrogen and oxygen atoms in total. The van der Waals surface area contributed by atoms with Gasteiger partial charge in [-0.1, -0.05) is 0 Å². The van der Waals surface area contributed by atoms with Gasteiger partial charge >= 0.3 is 0 Å². The van der Waals surface area contributed by atoms with Gasteiger partial charge in [-0.25, -0.2) is 9.97 Å². The quantitative estimate of drug-likeness (QED) is 0.699. The molecular weight excluding hydrogens is 170 g/mol. The van der Waals surface area contributed by atoms with Crippen molar-refractivity contribution in [3.05, 3.63) is 24.1 Å². The van der Waals surface area contributed by atoms with Gasteiger partial charge in [-0.2, -0.15) is 0 Å². The van der Waals surface area contributed by atoms with Crippen molar-refractivity contribution in [2.45, 2.75) is 6.92 Å². The molecule has 0 aliphatic carbocycles. The summed E-state index contributed by atoms with van der Waals surface area (Å²) in [7, 11) is 0. The number of aromatic nitrogens is 3. The minimum absolute atomic E-state index is 0.273. The summed E-state index contributed by atoms with van der Waals surface area (Å²) in [6.45, 7) is 1.85. The molecule has 66 valence electrons. The Morgan fingerprint density at radius 2 is 2.38 bits per heavy atom. The molecule has 5 heteroatoms. The Balaban J connectivity index is 2.58. The van der Waals surface area contributed by atoms with Crippen LogP contribution in [0.2, 0.25) is 0 Å². The number of oxazole rings is 1. The second kappa shape index (κ2) is 2.85. The highest BCUT2D eigenvalue weighted by atomic mass is 16.3. The maximum atomic E-state index is 10.5. The molecule has 0 amide bonds. The van der Waals surface area contributed by atoms with E-state index in [-0.39, 0.29) is 5.69 Å². The zero-order valence-electron chi connectivity index (χ0n) is 6.94. The first kappa shape index (κ1) is 7.72. The van der Waals surface area contributed by atoms with Crippen molar-refractivity contribution in [3.8, 4) is 11.5 Å². The van der Waals surface area contributed by atoms with E-state index in [4.69, 9.17) is 4.42 Å². The lowest BCUT2D eigenvalue weighted by molar-refractivity contribution is 0.112. The topological polar surface area (TPSA) is 71.8 Å². The average Bonchev–Trinajstić information content (AvgIpc) is 2.71. The van der Waals surface area contributed by atoms with Crippen LogP contribution in [0, 0.1) is 6.92 Å². The molecule has 0 fully saturated rings. The molecule has 0 bridgehead atoms. The molecule has 0 aliphatic heterocycles. The number of H-pyrrole nitrogens is 1. The smallest absolute Gasteiger partial charge is 0.185 e. The number of imidazole rings is 1. The van der Waals surface area contributed by atoms with Gasteiger partial charge in [0.05, 0.1) is 6.33 Å². The molecule has 2 aromatic heterocycles. The van der Waals surface area contributed by atoms with E-state index in [1.165, 1.54) is 6.39 Å². The molecule has 2 heterocycles. The number of hydrogen-bond donors (Lipinski definition) is 1. The fraction of sp³-hybridized carbons (Fsp3) is 0.125. The van der Waals surface area contributed by atoms with E-state index < -0.39 is 0 Å². The van der Waals surface area contributed by atoms with Crippen LogP contribution in [0.4, 0.5) is 0 Å². The number of aldehydes is 1. The van der Waals surface area contributed by atoms with Crippen LogP contribution in [-0.2, 0) is 0 Å². The molecule has 0 aromatic carbocycles. The first-order chi connectivity index (χ1) is 6.33. The van der Waals surface area contributed by atoms with Crippen LogP contribution in [0.3, 0.4) is 0 Å². The van der Waals surface area contributed by atoms with Crippen molar-refractivity contribution < 1.29 is 9.21 Å². The van der Waals surface area contributed by atoms with Crippen LogP contribution < -0.4 is 0 Å². The molecule has 0 saturated carbocycles. The first-order valence-electron chi connectivity index (χ1n) is 3.72.